The summed E-state index contributed by atoms with van der Waals surface area (Å²) in [6.07, 6.45) is 31.9. The number of benzene rings is 2. The molecule has 0 aliphatic heterocycles. The Morgan fingerprint density at radius 2 is 0.787 bits per heavy atom. The largest absolute Gasteiger partial charge is 0.490 e. The average molecular weight is 847 g/mol. The minimum Gasteiger partial charge on any atom is -0.490 e. The Morgan fingerprint density at radius 3 is 1.15 bits per heavy atom. The van der Waals surface area contributed by atoms with E-state index < -0.39 is 23.3 Å². The lowest BCUT2D eigenvalue weighted by Gasteiger charge is -2.37. The Hall–Kier alpha value is -3.12. The maximum Gasteiger partial charge on any atom is 0.201 e. The summed E-state index contributed by atoms with van der Waals surface area (Å²) < 4.78 is 67.4. The van der Waals surface area contributed by atoms with Crippen LogP contribution in [-0.4, -0.2) is 13.2 Å². The summed E-state index contributed by atoms with van der Waals surface area (Å²) in [5.74, 6) is 14.7. The molecule has 4 aliphatic carbocycles. The predicted octanol–water partition coefficient (Wildman–Crippen LogP) is 16.2. The zero-order valence-electron chi connectivity index (χ0n) is 38.3. The smallest absolute Gasteiger partial charge is 0.201 e. The van der Waals surface area contributed by atoms with Gasteiger partial charge in [-0.3, -0.25) is 0 Å². The second-order valence-corrected chi connectivity index (χ2v) is 19.1. The van der Waals surface area contributed by atoms with Crippen LogP contribution in [0.1, 0.15) is 199 Å². The molecular formula is C55H78F4O2. The van der Waals surface area contributed by atoms with Crippen LogP contribution >= 0.6 is 0 Å². The van der Waals surface area contributed by atoms with E-state index in [1.165, 1.54) is 134 Å². The Balaban J connectivity index is 0.000000231. The van der Waals surface area contributed by atoms with Gasteiger partial charge in [-0.15, -0.1) is 0 Å². The lowest BCUT2D eigenvalue weighted by Crippen LogP contribution is -2.25. The quantitative estimate of drug-likeness (QED) is 0.101. The van der Waals surface area contributed by atoms with Gasteiger partial charge in [-0.1, -0.05) is 122 Å². The molecule has 2 aromatic rings. The molecule has 2 aromatic carbocycles. The predicted molar refractivity (Wildman–Crippen MR) is 244 cm³/mol. The highest BCUT2D eigenvalue weighted by atomic mass is 19.2. The summed E-state index contributed by atoms with van der Waals surface area (Å²) in [5.41, 5.74) is 0.286. The van der Waals surface area contributed by atoms with E-state index in [1.54, 1.807) is 12.1 Å². The monoisotopic (exact) mass is 847 g/mol. The van der Waals surface area contributed by atoms with E-state index in [0.717, 1.165) is 74.0 Å². The van der Waals surface area contributed by atoms with E-state index in [9.17, 15) is 17.6 Å². The summed E-state index contributed by atoms with van der Waals surface area (Å²) >= 11 is 0. The molecular weight excluding hydrogens is 769 g/mol. The summed E-state index contributed by atoms with van der Waals surface area (Å²) in [6.45, 7) is 9.19. The van der Waals surface area contributed by atoms with Gasteiger partial charge in [0.1, 0.15) is 0 Å². The highest BCUT2D eigenvalue weighted by Crippen LogP contribution is 2.44. The number of halogens is 4. The van der Waals surface area contributed by atoms with Gasteiger partial charge in [0, 0.05) is 11.8 Å². The molecule has 0 unspecified atom stereocenters. The number of unbranched alkanes of at least 4 members (excludes halogenated alkanes) is 3. The second kappa shape index (κ2) is 26.5. The first kappa shape index (κ1) is 48.9. The molecule has 0 atom stereocenters. The third kappa shape index (κ3) is 15.3. The Kier molecular flexibility index (Phi) is 21.2. The second-order valence-electron chi connectivity index (χ2n) is 19.1. The minimum absolute atomic E-state index is 0.0227. The van der Waals surface area contributed by atoms with E-state index in [2.05, 4.69) is 37.5 Å². The highest BCUT2D eigenvalue weighted by Gasteiger charge is 2.32. The molecule has 4 fully saturated rings. The van der Waals surface area contributed by atoms with E-state index in [1.807, 2.05) is 13.8 Å². The zero-order valence-corrected chi connectivity index (χ0v) is 38.3. The Morgan fingerprint density at radius 1 is 0.426 bits per heavy atom. The molecule has 0 N–H and O–H groups in total. The van der Waals surface area contributed by atoms with E-state index >= 15 is 0 Å². The zero-order chi connectivity index (χ0) is 43.4. The third-order valence-electron chi connectivity index (χ3n) is 14.7. The minimum atomic E-state index is -0.923. The van der Waals surface area contributed by atoms with Gasteiger partial charge in [-0.05, 0) is 150 Å². The molecule has 0 radical (unpaired) electrons. The molecule has 0 spiro atoms. The van der Waals surface area contributed by atoms with Crippen LogP contribution < -0.4 is 9.47 Å². The van der Waals surface area contributed by atoms with Crippen LogP contribution in [0.3, 0.4) is 0 Å². The maximum atomic E-state index is 14.3. The lowest BCUT2D eigenvalue weighted by molar-refractivity contribution is 0.153. The van der Waals surface area contributed by atoms with Crippen molar-refractivity contribution in [3.63, 3.8) is 0 Å². The molecule has 0 heterocycles. The first-order chi connectivity index (χ1) is 29.7. The molecule has 338 valence electrons. The van der Waals surface area contributed by atoms with Crippen molar-refractivity contribution < 1.29 is 27.0 Å². The fourth-order valence-electron chi connectivity index (χ4n) is 10.8. The van der Waals surface area contributed by atoms with Crippen LogP contribution in [0.15, 0.2) is 24.3 Å². The summed E-state index contributed by atoms with van der Waals surface area (Å²) in [6, 6.07) is 6.07. The molecule has 0 bridgehead atoms. The average Bonchev–Trinajstić information content (AvgIpc) is 3.30. The first-order valence-corrected chi connectivity index (χ1v) is 25.0. The van der Waals surface area contributed by atoms with E-state index in [0.29, 0.717) is 25.0 Å². The van der Waals surface area contributed by atoms with Gasteiger partial charge in [0.25, 0.3) is 0 Å². The maximum absolute atomic E-state index is 14.3. The van der Waals surface area contributed by atoms with Crippen molar-refractivity contribution in [2.75, 3.05) is 13.2 Å². The summed E-state index contributed by atoms with van der Waals surface area (Å²) in [7, 11) is 0. The van der Waals surface area contributed by atoms with Crippen LogP contribution in [0.4, 0.5) is 17.6 Å². The van der Waals surface area contributed by atoms with Gasteiger partial charge in [-0.2, -0.15) is 8.78 Å². The standard InChI is InChI=1S/C28H40F2O.C27H38F2O/c1-3-5-6-7-21-8-13-23(14-9-21)24-15-10-22(11-16-24)12-17-25-18-19-26(31-20-4-2)28(30)27(25)29;1-3-5-6-20-7-12-22(13-8-20)23-14-9-21(10-15-23)11-16-24-17-18-25(30-19-4-2)27(29)26(24)28/h18-19,21-24H,3-11,13-16,20H2,1-2H3;17-18,20-23H,3-10,12-15,19H2,1-2H3/t21-,22?,23-,24?;20-,21?,22-,23?. The fraction of sp³-hybridized carbons (Fsp3) is 0.709. The van der Waals surface area contributed by atoms with Crippen molar-refractivity contribution in [1.29, 1.82) is 0 Å². The van der Waals surface area contributed by atoms with Gasteiger partial charge in [0.2, 0.25) is 11.6 Å². The number of ether oxygens (including phenoxy) is 2. The molecule has 2 nitrogen and oxygen atoms in total. The van der Waals surface area contributed by atoms with Gasteiger partial charge in [0.05, 0.1) is 24.3 Å². The molecule has 4 aliphatic rings. The van der Waals surface area contributed by atoms with Crippen LogP contribution in [-0.2, 0) is 0 Å². The molecule has 6 rings (SSSR count). The van der Waals surface area contributed by atoms with Crippen molar-refractivity contribution >= 4 is 0 Å². The van der Waals surface area contributed by atoms with Crippen LogP contribution in [0, 0.1) is 94.3 Å². The van der Waals surface area contributed by atoms with Crippen molar-refractivity contribution in [1.82, 2.24) is 0 Å². The lowest BCUT2D eigenvalue weighted by atomic mass is 9.69. The molecule has 0 aromatic heterocycles. The molecule has 6 heteroatoms. The molecule has 0 amide bonds. The molecule has 61 heavy (non-hydrogen) atoms. The van der Waals surface area contributed by atoms with Crippen molar-refractivity contribution in [3.8, 4) is 35.2 Å². The van der Waals surface area contributed by atoms with Crippen LogP contribution in [0.2, 0.25) is 0 Å². The van der Waals surface area contributed by atoms with Gasteiger partial charge in [0.15, 0.2) is 23.1 Å². The van der Waals surface area contributed by atoms with Crippen LogP contribution in [0.5, 0.6) is 11.5 Å². The summed E-state index contributed by atoms with van der Waals surface area (Å²) in [4.78, 5) is 0. The molecule has 4 saturated carbocycles. The molecule has 0 saturated heterocycles. The SMILES string of the molecule is CCCCC[C@H]1CC[C@H](C2CCC(C#Cc3ccc(OCCC)c(F)c3F)CC2)CC1.CCCC[C@H]1CC[C@H](C2CCC(C#Cc3ccc(OCCC)c(F)c3F)CC2)CC1. The van der Waals surface area contributed by atoms with E-state index in [-0.39, 0.29) is 22.6 Å². The first-order valence-electron chi connectivity index (χ1n) is 25.0. The van der Waals surface area contributed by atoms with Gasteiger partial charge >= 0.3 is 0 Å². The van der Waals surface area contributed by atoms with Gasteiger partial charge in [-0.25, -0.2) is 8.78 Å². The topological polar surface area (TPSA) is 18.5 Å². The number of hydrogen-bond acceptors (Lipinski definition) is 2. The Labute approximate surface area is 368 Å². The third-order valence-corrected chi connectivity index (χ3v) is 14.7. The highest BCUT2D eigenvalue weighted by molar-refractivity contribution is 5.42. The summed E-state index contributed by atoms with van der Waals surface area (Å²) in [5, 5.41) is 0. The van der Waals surface area contributed by atoms with Gasteiger partial charge < -0.3 is 9.47 Å². The Bertz CT molecular complexity index is 1700. The number of hydrogen-bond donors (Lipinski definition) is 0. The van der Waals surface area contributed by atoms with E-state index in [4.69, 9.17) is 9.47 Å². The normalized spacial score (nSPS) is 26.4. The fourth-order valence-corrected chi connectivity index (χ4v) is 10.8. The van der Waals surface area contributed by atoms with Crippen molar-refractivity contribution in [2.45, 2.75) is 188 Å². The number of rotatable bonds is 15. The van der Waals surface area contributed by atoms with Crippen molar-refractivity contribution in [2.24, 2.45) is 47.3 Å². The van der Waals surface area contributed by atoms with Crippen molar-refractivity contribution in [3.05, 3.63) is 58.7 Å². The van der Waals surface area contributed by atoms with Crippen LogP contribution in [0.25, 0.3) is 0 Å².